The summed E-state index contributed by atoms with van der Waals surface area (Å²) in [5.41, 5.74) is 1.93. The maximum Gasteiger partial charge on any atom is 0.335 e. The number of hydrogen-bond donors (Lipinski definition) is 2. The molecule has 0 unspecified atom stereocenters. The summed E-state index contributed by atoms with van der Waals surface area (Å²) in [7, 11) is 0. The van der Waals surface area contributed by atoms with Gasteiger partial charge in [-0.05, 0) is 36.4 Å². The molecular formula is C20H17N5O3. The molecule has 0 bridgehead atoms. The Morgan fingerprint density at radius 1 is 1.14 bits per heavy atom. The fraction of sp³-hybridized carbons (Fsp3) is 0. The number of aromatic carboxylic acids is 1. The number of ketones is 1. The zero-order chi connectivity index (χ0) is 20.1. The Morgan fingerprint density at radius 3 is 2.61 bits per heavy atom. The summed E-state index contributed by atoms with van der Waals surface area (Å²) in [5.74, 6) is 4.48. The predicted octanol–water partition coefficient (Wildman–Crippen LogP) is 2.44. The largest absolute Gasteiger partial charge is 0.478 e. The number of nitrogens with zero attached hydrogens (tertiary/aromatic N) is 4. The number of anilines is 1. The fourth-order valence-electron chi connectivity index (χ4n) is 2.49. The second-order valence-corrected chi connectivity index (χ2v) is 5.75. The van der Waals surface area contributed by atoms with E-state index in [-0.39, 0.29) is 16.9 Å². The summed E-state index contributed by atoms with van der Waals surface area (Å²) >= 11 is 0. The summed E-state index contributed by atoms with van der Waals surface area (Å²) in [6, 6.07) is 11.3. The minimum atomic E-state index is -1.05. The van der Waals surface area contributed by atoms with E-state index in [1.165, 1.54) is 40.3 Å². The SMILES string of the molecule is C=C(C(=O)/C=C\N(N)c1ccncc1)c1ccnn1-c1cccc(C(=O)O)c1. The van der Waals surface area contributed by atoms with Crippen molar-refractivity contribution < 1.29 is 14.7 Å². The molecule has 28 heavy (non-hydrogen) atoms. The molecule has 0 aliphatic rings. The summed E-state index contributed by atoms with van der Waals surface area (Å²) in [6.07, 6.45) is 7.42. The lowest BCUT2D eigenvalue weighted by molar-refractivity contribution is -0.109. The van der Waals surface area contributed by atoms with E-state index in [2.05, 4.69) is 16.7 Å². The summed E-state index contributed by atoms with van der Waals surface area (Å²) in [5, 5.41) is 14.6. The first-order chi connectivity index (χ1) is 13.5. The lowest BCUT2D eigenvalue weighted by Gasteiger charge is -2.13. The minimum Gasteiger partial charge on any atom is -0.478 e. The summed E-state index contributed by atoms with van der Waals surface area (Å²) < 4.78 is 1.46. The van der Waals surface area contributed by atoms with Crippen molar-refractivity contribution in [1.82, 2.24) is 14.8 Å². The van der Waals surface area contributed by atoms with Crippen molar-refractivity contribution in [3.63, 3.8) is 0 Å². The van der Waals surface area contributed by atoms with Gasteiger partial charge in [0, 0.05) is 30.2 Å². The third-order valence-electron chi connectivity index (χ3n) is 3.93. The van der Waals surface area contributed by atoms with Crippen LogP contribution in [0.4, 0.5) is 5.69 Å². The van der Waals surface area contributed by atoms with Crippen LogP contribution in [0.3, 0.4) is 0 Å². The Balaban J connectivity index is 1.81. The number of hydrazine groups is 1. The number of carboxylic acid groups (broad SMARTS) is 1. The number of allylic oxidation sites excluding steroid dienone is 2. The zero-order valence-corrected chi connectivity index (χ0v) is 14.8. The van der Waals surface area contributed by atoms with Gasteiger partial charge in [0.05, 0.1) is 28.8 Å². The topological polar surface area (TPSA) is 114 Å². The number of pyridine rings is 1. The molecule has 0 radical (unpaired) electrons. The normalized spacial score (nSPS) is 10.8. The predicted molar refractivity (Wildman–Crippen MR) is 105 cm³/mol. The van der Waals surface area contributed by atoms with Gasteiger partial charge < -0.3 is 5.11 Å². The average Bonchev–Trinajstić information content (AvgIpc) is 3.21. The molecule has 0 atom stereocenters. The minimum absolute atomic E-state index is 0.118. The fourth-order valence-corrected chi connectivity index (χ4v) is 2.49. The smallest absolute Gasteiger partial charge is 0.335 e. The first-order valence-corrected chi connectivity index (χ1v) is 8.21. The van der Waals surface area contributed by atoms with E-state index in [1.807, 2.05) is 0 Å². The van der Waals surface area contributed by atoms with Gasteiger partial charge in [0.1, 0.15) is 0 Å². The van der Waals surface area contributed by atoms with Crippen molar-refractivity contribution in [2.24, 2.45) is 5.84 Å². The number of hydrogen-bond acceptors (Lipinski definition) is 6. The molecule has 140 valence electrons. The van der Waals surface area contributed by atoms with Gasteiger partial charge in [0.25, 0.3) is 0 Å². The van der Waals surface area contributed by atoms with Crippen LogP contribution in [0, 0.1) is 0 Å². The quantitative estimate of drug-likeness (QED) is 0.370. The Labute approximate surface area is 160 Å². The highest BCUT2D eigenvalue weighted by atomic mass is 16.4. The van der Waals surface area contributed by atoms with Crippen LogP contribution in [0.15, 0.2) is 79.9 Å². The van der Waals surface area contributed by atoms with Crippen molar-refractivity contribution in [2.75, 3.05) is 5.01 Å². The molecule has 1 aromatic carbocycles. The molecule has 2 heterocycles. The third-order valence-corrected chi connectivity index (χ3v) is 3.93. The number of carbonyl (C=O) groups excluding carboxylic acids is 1. The Morgan fingerprint density at radius 2 is 1.89 bits per heavy atom. The molecule has 8 nitrogen and oxygen atoms in total. The molecule has 2 aromatic heterocycles. The molecule has 0 aliphatic heterocycles. The molecule has 0 aliphatic carbocycles. The van der Waals surface area contributed by atoms with Crippen molar-refractivity contribution in [3.8, 4) is 5.69 Å². The second-order valence-electron chi connectivity index (χ2n) is 5.75. The van der Waals surface area contributed by atoms with Gasteiger partial charge in [-0.25, -0.2) is 15.3 Å². The zero-order valence-electron chi connectivity index (χ0n) is 14.8. The second kappa shape index (κ2) is 8.11. The van der Waals surface area contributed by atoms with E-state index in [0.29, 0.717) is 17.1 Å². The lowest BCUT2D eigenvalue weighted by atomic mass is 10.1. The molecule has 8 heteroatoms. The van der Waals surface area contributed by atoms with E-state index in [0.717, 1.165) is 0 Å². The number of carbonyl (C=O) groups is 2. The van der Waals surface area contributed by atoms with Crippen LogP contribution in [-0.4, -0.2) is 31.6 Å². The first-order valence-electron chi connectivity index (χ1n) is 8.21. The molecule has 3 aromatic rings. The molecule has 0 amide bonds. The lowest BCUT2D eigenvalue weighted by Crippen LogP contribution is -2.24. The van der Waals surface area contributed by atoms with Gasteiger partial charge in [-0.15, -0.1) is 0 Å². The van der Waals surface area contributed by atoms with Gasteiger partial charge in [0.2, 0.25) is 0 Å². The maximum atomic E-state index is 12.5. The van der Waals surface area contributed by atoms with Crippen molar-refractivity contribution in [2.45, 2.75) is 0 Å². The van der Waals surface area contributed by atoms with Crippen LogP contribution < -0.4 is 10.9 Å². The number of benzene rings is 1. The van der Waals surface area contributed by atoms with E-state index in [4.69, 9.17) is 10.9 Å². The van der Waals surface area contributed by atoms with E-state index in [9.17, 15) is 9.59 Å². The highest BCUT2D eigenvalue weighted by molar-refractivity contribution is 6.25. The van der Waals surface area contributed by atoms with Crippen molar-refractivity contribution >= 4 is 23.0 Å². The summed E-state index contributed by atoms with van der Waals surface area (Å²) in [6.45, 7) is 3.84. The highest BCUT2D eigenvalue weighted by Gasteiger charge is 2.14. The van der Waals surface area contributed by atoms with Gasteiger partial charge in [-0.2, -0.15) is 5.10 Å². The van der Waals surface area contributed by atoms with Gasteiger partial charge in [-0.1, -0.05) is 12.6 Å². The average molecular weight is 375 g/mol. The molecule has 0 spiro atoms. The highest BCUT2D eigenvalue weighted by Crippen LogP contribution is 2.19. The number of aromatic nitrogens is 3. The van der Waals surface area contributed by atoms with Crippen LogP contribution in [-0.2, 0) is 4.79 Å². The van der Waals surface area contributed by atoms with Crippen molar-refractivity contribution in [3.05, 3.63) is 91.2 Å². The van der Waals surface area contributed by atoms with Crippen LogP contribution in [0.2, 0.25) is 0 Å². The number of rotatable bonds is 7. The van der Waals surface area contributed by atoms with Crippen LogP contribution >= 0.6 is 0 Å². The number of nitrogens with two attached hydrogens (primary N) is 1. The molecule has 0 fully saturated rings. The Kier molecular flexibility index (Phi) is 5.43. The van der Waals surface area contributed by atoms with E-state index in [1.54, 1.807) is 42.7 Å². The van der Waals surface area contributed by atoms with Crippen LogP contribution in [0.1, 0.15) is 16.1 Å². The maximum absolute atomic E-state index is 12.5. The van der Waals surface area contributed by atoms with Gasteiger partial charge in [0.15, 0.2) is 5.78 Å². The standard InChI is InChI=1S/C20H17N5O3/c1-14(19(26)8-12-24(21)16-5-9-22-10-6-16)18-7-11-23-25(18)17-4-2-3-15(13-17)20(27)28/h2-13H,1,21H2,(H,27,28)/b12-8-. The first kappa shape index (κ1) is 18.7. The molecule has 0 saturated carbocycles. The molecule has 0 saturated heterocycles. The molecule has 3 rings (SSSR count). The molecule has 3 N–H and O–H groups in total. The summed E-state index contributed by atoms with van der Waals surface area (Å²) in [4.78, 5) is 27.6. The molecular weight excluding hydrogens is 358 g/mol. The number of carboxylic acids is 1. The third kappa shape index (κ3) is 4.02. The van der Waals surface area contributed by atoms with E-state index >= 15 is 0 Å². The van der Waals surface area contributed by atoms with Crippen molar-refractivity contribution in [1.29, 1.82) is 0 Å². The Hall–Kier alpha value is -4.04. The van der Waals surface area contributed by atoms with Crippen LogP contribution in [0.5, 0.6) is 0 Å². The van der Waals surface area contributed by atoms with Gasteiger partial charge in [-0.3, -0.25) is 14.8 Å². The monoisotopic (exact) mass is 375 g/mol. The van der Waals surface area contributed by atoms with E-state index < -0.39 is 5.97 Å². The van der Waals surface area contributed by atoms with Gasteiger partial charge >= 0.3 is 5.97 Å². The van der Waals surface area contributed by atoms with Crippen LogP contribution in [0.25, 0.3) is 11.3 Å². The Bertz CT molecular complexity index is 1060.